The topological polar surface area (TPSA) is 54.2 Å². The first-order valence-corrected chi connectivity index (χ1v) is 7.02. The molecule has 0 aliphatic carbocycles. The van der Waals surface area contributed by atoms with Crippen molar-refractivity contribution < 1.29 is 4.39 Å². The minimum Gasteiger partial charge on any atom is -0.357 e. The molecule has 1 aromatic carbocycles. The third-order valence-electron chi connectivity index (χ3n) is 2.87. The molecule has 0 radical (unpaired) electrons. The van der Waals surface area contributed by atoms with E-state index in [1.807, 2.05) is 23.9 Å². The second-order valence-corrected chi connectivity index (χ2v) is 4.52. The SMILES string of the molecule is CCNC(=NCc1ccc(F)cc1)NCCn1cccn1.I. The molecule has 0 bridgehead atoms. The van der Waals surface area contributed by atoms with Crippen molar-refractivity contribution in [1.29, 1.82) is 0 Å². The van der Waals surface area contributed by atoms with Gasteiger partial charge in [0.15, 0.2) is 5.96 Å². The number of nitrogens with one attached hydrogen (secondary N) is 2. The molecular weight excluding hydrogens is 396 g/mol. The molecule has 0 saturated carbocycles. The van der Waals surface area contributed by atoms with E-state index in [2.05, 4.69) is 20.7 Å². The zero-order chi connectivity index (χ0) is 14.9. The van der Waals surface area contributed by atoms with E-state index in [0.29, 0.717) is 6.54 Å². The summed E-state index contributed by atoms with van der Waals surface area (Å²) in [4.78, 5) is 4.47. The number of aliphatic imine (C=N–C) groups is 1. The van der Waals surface area contributed by atoms with E-state index < -0.39 is 0 Å². The Balaban J connectivity index is 0.00000242. The molecular formula is C15H21FIN5. The summed E-state index contributed by atoms with van der Waals surface area (Å²) in [6.07, 6.45) is 3.68. The van der Waals surface area contributed by atoms with E-state index in [0.717, 1.165) is 31.2 Å². The highest BCUT2D eigenvalue weighted by Crippen LogP contribution is 2.03. The molecule has 0 aliphatic rings. The Morgan fingerprint density at radius 1 is 1.27 bits per heavy atom. The van der Waals surface area contributed by atoms with Gasteiger partial charge in [0, 0.05) is 25.5 Å². The monoisotopic (exact) mass is 417 g/mol. The Morgan fingerprint density at radius 2 is 2.05 bits per heavy atom. The molecule has 2 rings (SSSR count). The van der Waals surface area contributed by atoms with E-state index in [4.69, 9.17) is 0 Å². The maximum Gasteiger partial charge on any atom is 0.191 e. The van der Waals surface area contributed by atoms with Crippen molar-refractivity contribution >= 4 is 29.9 Å². The summed E-state index contributed by atoms with van der Waals surface area (Å²) in [6.45, 7) is 4.82. The fourth-order valence-electron chi connectivity index (χ4n) is 1.82. The first-order chi connectivity index (χ1) is 10.3. The molecule has 1 aromatic heterocycles. The molecule has 5 nitrogen and oxygen atoms in total. The van der Waals surface area contributed by atoms with Gasteiger partial charge < -0.3 is 10.6 Å². The van der Waals surface area contributed by atoms with Gasteiger partial charge in [-0.3, -0.25) is 4.68 Å². The minimum absolute atomic E-state index is 0. The lowest BCUT2D eigenvalue weighted by Gasteiger charge is -2.11. The van der Waals surface area contributed by atoms with Crippen molar-refractivity contribution in [3.05, 3.63) is 54.1 Å². The van der Waals surface area contributed by atoms with Gasteiger partial charge in [-0.2, -0.15) is 5.10 Å². The van der Waals surface area contributed by atoms with Crippen molar-refractivity contribution in [3.63, 3.8) is 0 Å². The van der Waals surface area contributed by atoms with Crippen LogP contribution in [0.4, 0.5) is 4.39 Å². The van der Waals surface area contributed by atoms with Gasteiger partial charge in [-0.1, -0.05) is 12.1 Å². The summed E-state index contributed by atoms with van der Waals surface area (Å²) < 4.78 is 14.7. The van der Waals surface area contributed by atoms with Crippen LogP contribution in [0.3, 0.4) is 0 Å². The fourth-order valence-corrected chi connectivity index (χ4v) is 1.82. The molecule has 2 N–H and O–H groups in total. The van der Waals surface area contributed by atoms with Gasteiger partial charge in [0.1, 0.15) is 5.82 Å². The van der Waals surface area contributed by atoms with Crippen LogP contribution in [-0.4, -0.2) is 28.8 Å². The average molecular weight is 417 g/mol. The summed E-state index contributed by atoms with van der Waals surface area (Å²) in [7, 11) is 0. The summed E-state index contributed by atoms with van der Waals surface area (Å²) in [6, 6.07) is 8.28. The number of hydrogen-bond acceptors (Lipinski definition) is 2. The number of aromatic nitrogens is 2. The van der Waals surface area contributed by atoms with Gasteiger partial charge in [0.05, 0.1) is 13.1 Å². The van der Waals surface area contributed by atoms with Gasteiger partial charge >= 0.3 is 0 Å². The van der Waals surface area contributed by atoms with Gasteiger partial charge in [-0.25, -0.2) is 9.38 Å². The Bertz CT molecular complexity index is 554. The largest absolute Gasteiger partial charge is 0.357 e. The Morgan fingerprint density at radius 3 is 2.68 bits per heavy atom. The van der Waals surface area contributed by atoms with Crippen LogP contribution in [0.25, 0.3) is 0 Å². The lowest BCUT2D eigenvalue weighted by molar-refractivity contribution is 0.598. The number of hydrogen-bond donors (Lipinski definition) is 2. The summed E-state index contributed by atoms with van der Waals surface area (Å²) >= 11 is 0. The van der Waals surface area contributed by atoms with Crippen molar-refractivity contribution in [2.75, 3.05) is 13.1 Å². The Kier molecular flexibility index (Phi) is 8.49. The van der Waals surface area contributed by atoms with Crippen LogP contribution in [0, 0.1) is 5.82 Å². The zero-order valence-electron chi connectivity index (χ0n) is 12.5. The van der Waals surface area contributed by atoms with Crippen molar-refractivity contribution in [1.82, 2.24) is 20.4 Å². The van der Waals surface area contributed by atoms with Crippen molar-refractivity contribution in [3.8, 4) is 0 Å². The molecule has 0 spiro atoms. The predicted molar refractivity (Wildman–Crippen MR) is 96.9 cm³/mol. The number of benzene rings is 1. The van der Waals surface area contributed by atoms with Crippen LogP contribution in [0.1, 0.15) is 12.5 Å². The van der Waals surface area contributed by atoms with Crippen LogP contribution >= 0.6 is 24.0 Å². The third kappa shape index (κ3) is 6.42. The van der Waals surface area contributed by atoms with Crippen molar-refractivity contribution in [2.45, 2.75) is 20.0 Å². The highest BCUT2D eigenvalue weighted by molar-refractivity contribution is 14.0. The van der Waals surface area contributed by atoms with Gasteiger partial charge in [0.25, 0.3) is 0 Å². The molecule has 0 saturated heterocycles. The van der Waals surface area contributed by atoms with E-state index in [1.54, 1.807) is 18.3 Å². The minimum atomic E-state index is -0.230. The smallest absolute Gasteiger partial charge is 0.191 e. The maximum atomic E-state index is 12.8. The lowest BCUT2D eigenvalue weighted by Crippen LogP contribution is -2.38. The van der Waals surface area contributed by atoms with Crippen LogP contribution < -0.4 is 10.6 Å². The quantitative estimate of drug-likeness (QED) is 0.431. The summed E-state index contributed by atoms with van der Waals surface area (Å²) in [5.74, 6) is 0.515. The molecule has 7 heteroatoms. The maximum absolute atomic E-state index is 12.8. The average Bonchev–Trinajstić information content (AvgIpc) is 3.00. The number of nitrogens with zero attached hydrogens (tertiary/aromatic N) is 3. The van der Waals surface area contributed by atoms with Crippen LogP contribution in [-0.2, 0) is 13.1 Å². The Labute approximate surface area is 147 Å². The first kappa shape index (κ1) is 18.4. The highest BCUT2D eigenvalue weighted by atomic mass is 127. The van der Waals surface area contributed by atoms with E-state index >= 15 is 0 Å². The highest BCUT2D eigenvalue weighted by Gasteiger charge is 1.98. The zero-order valence-corrected chi connectivity index (χ0v) is 14.8. The second kappa shape index (κ2) is 10.1. The third-order valence-corrected chi connectivity index (χ3v) is 2.87. The molecule has 22 heavy (non-hydrogen) atoms. The second-order valence-electron chi connectivity index (χ2n) is 4.52. The molecule has 0 aliphatic heterocycles. The molecule has 0 fully saturated rings. The predicted octanol–water partition coefficient (Wildman–Crippen LogP) is 2.40. The van der Waals surface area contributed by atoms with Gasteiger partial charge in [-0.05, 0) is 30.7 Å². The van der Waals surface area contributed by atoms with Gasteiger partial charge in [-0.15, -0.1) is 24.0 Å². The molecule has 1 heterocycles. The molecule has 0 atom stereocenters. The van der Waals surface area contributed by atoms with Crippen molar-refractivity contribution in [2.24, 2.45) is 4.99 Å². The molecule has 2 aromatic rings. The number of halogens is 2. The molecule has 120 valence electrons. The number of guanidine groups is 1. The molecule has 0 amide bonds. The number of rotatable bonds is 6. The summed E-state index contributed by atoms with van der Waals surface area (Å²) in [5, 5.41) is 10.6. The van der Waals surface area contributed by atoms with E-state index in [-0.39, 0.29) is 29.8 Å². The fraction of sp³-hybridized carbons (Fsp3) is 0.333. The van der Waals surface area contributed by atoms with E-state index in [1.165, 1.54) is 12.1 Å². The van der Waals surface area contributed by atoms with Crippen LogP contribution in [0.5, 0.6) is 0 Å². The first-order valence-electron chi connectivity index (χ1n) is 7.02. The van der Waals surface area contributed by atoms with Crippen LogP contribution in [0.15, 0.2) is 47.7 Å². The summed E-state index contributed by atoms with van der Waals surface area (Å²) in [5.41, 5.74) is 0.973. The Hall–Kier alpha value is -1.64. The standard InChI is InChI=1S/C15H20FN5.HI/c1-2-17-15(18-9-11-21-10-3-8-20-21)19-12-13-4-6-14(16)7-5-13;/h3-8,10H,2,9,11-12H2,1H3,(H2,17,18,19);1H. The van der Waals surface area contributed by atoms with E-state index in [9.17, 15) is 4.39 Å². The molecule has 0 unspecified atom stereocenters. The van der Waals surface area contributed by atoms with Crippen LogP contribution in [0.2, 0.25) is 0 Å². The lowest BCUT2D eigenvalue weighted by atomic mass is 10.2. The normalized spacial score (nSPS) is 10.9. The van der Waals surface area contributed by atoms with Gasteiger partial charge in [0.2, 0.25) is 0 Å².